The zero-order chi connectivity index (χ0) is 14.5. The first-order chi connectivity index (χ1) is 8.78. The average molecular weight is 340 g/mol. The maximum Gasteiger partial charge on any atom is 0.401 e. The van der Waals surface area contributed by atoms with Gasteiger partial charge in [0.15, 0.2) is 0 Å². The molecular formula is C13H17BrF3NO. The van der Waals surface area contributed by atoms with Gasteiger partial charge in [-0.1, -0.05) is 15.9 Å². The van der Waals surface area contributed by atoms with E-state index in [0.29, 0.717) is 5.75 Å². The van der Waals surface area contributed by atoms with Gasteiger partial charge < -0.3 is 4.74 Å². The van der Waals surface area contributed by atoms with Crippen molar-refractivity contribution < 1.29 is 17.9 Å². The number of ether oxygens (including phenoxy) is 1. The molecule has 0 heterocycles. The fraction of sp³-hybridized carbons (Fsp3) is 0.538. The zero-order valence-corrected chi connectivity index (χ0v) is 12.5. The highest BCUT2D eigenvalue weighted by molar-refractivity contribution is 9.10. The maximum absolute atomic E-state index is 12.4. The molecule has 0 spiro atoms. The molecule has 0 atom stereocenters. The van der Waals surface area contributed by atoms with Crippen LogP contribution in [0.3, 0.4) is 0 Å². The van der Waals surface area contributed by atoms with E-state index in [0.717, 1.165) is 4.47 Å². The molecule has 19 heavy (non-hydrogen) atoms. The van der Waals surface area contributed by atoms with Crippen LogP contribution >= 0.6 is 15.9 Å². The fourth-order valence-electron chi connectivity index (χ4n) is 1.56. The summed E-state index contributed by atoms with van der Waals surface area (Å²) in [6.45, 7) is 3.05. The third-order valence-corrected chi connectivity index (χ3v) is 3.10. The van der Waals surface area contributed by atoms with Crippen molar-refractivity contribution in [3.63, 3.8) is 0 Å². The zero-order valence-electron chi connectivity index (χ0n) is 10.9. The summed E-state index contributed by atoms with van der Waals surface area (Å²) in [5.74, 6) is 0.652. The van der Waals surface area contributed by atoms with Gasteiger partial charge in [-0.3, -0.25) is 4.90 Å². The second-order valence-electron chi connectivity index (χ2n) is 4.48. The van der Waals surface area contributed by atoms with Gasteiger partial charge in [0, 0.05) is 17.1 Å². The van der Waals surface area contributed by atoms with Crippen LogP contribution in [-0.2, 0) is 0 Å². The van der Waals surface area contributed by atoms with Gasteiger partial charge >= 0.3 is 6.18 Å². The van der Waals surface area contributed by atoms with Crippen molar-refractivity contribution in [2.24, 2.45) is 0 Å². The Morgan fingerprint density at radius 3 is 2.26 bits per heavy atom. The van der Waals surface area contributed by atoms with Gasteiger partial charge in [0.25, 0.3) is 0 Å². The Morgan fingerprint density at radius 1 is 1.21 bits per heavy atom. The molecule has 0 unspecified atom stereocenters. The van der Waals surface area contributed by atoms with Crippen LogP contribution < -0.4 is 4.74 Å². The molecule has 1 aromatic rings. The quantitative estimate of drug-likeness (QED) is 0.773. The van der Waals surface area contributed by atoms with Crippen LogP contribution in [-0.4, -0.2) is 36.8 Å². The molecule has 0 saturated carbocycles. The van der Waals surface area contributed by atoms with E-state index in [9.17, 15) is 13.2 Å². The number of benzene rings is 1. The van der Waals surface area contributed by atoms with Gasteiger partial charge in [-0.2, -0.15) is 13.2 Å². The molecular weight excluding hydrogens is 323 g/mol. The first-order valence-electron chi connectivity index (χ1n) is 5.97. The molecule has 0 saturated heterocycles. The Bertz CT molecular complexity index is 378. The van der Waals surface area contributed by atoms with Gasteiger partial charge in [0.05, 0.1) is 6.54 Å². The van der Waals surface area contributed by atoms with Crippen molar-refractivity contribution in [1.82, 2.24) is 4.90 Å². The van der Waals surface area contributed by atoms with E-state index in [-0.39, 0.29) is 19.2 Å². The number of nitrogens with zero attached hydrogens (tertiary/aromatic N) is 1. The first kappa shape index (κ1) is 16.3. The maximum atomic E-state index is 12.4. The predicted octanol–water partition coefficient (Wildman–Crippen LogP) is 4.10. The highest BCUT2D eigenvalue weighted by Gasteiger charge is 2.31. The summed E-state index contributed by atoms with van der Waals surface area (Å²) in [4.78, 5) is 1.35. The summed E-state index contributed by atoms with van der Waals surface area (Å²) < 4.78 is 43.5. The van der Waals surface area contributed by atoms with E-state index < -0.39 is 12.7 Å². The Labute approximate surface area is 119 Å². The topological polar surface area (TPSA) is 12.5 Å². The van der Waals surface area contributed by atoms with Crippen molar-refractivity contribution in [3.8, 4) is 5.75 Å². The lowest BCUT2D eigenvalue weighted by atomic mass is 10.3. The molecule has 0 amide bonds. The van der Waals surface area contributed by atoms with Crippen molar-refractivity contribution in [3.05, 3.63) is 28.7 Å². The van der Waals surface area contributed by atoms with Crippen molar-refractivity contribution >= 4 is 15.9 Å². The molecule has 6 heteroatoms. The van der Waals surface area contributed by atoms with Crippen LogP contribution in [0.2, 0.25) is 0 Å². The number of halogens is 4. The van der Waals surface area contributed by atoms with Crippen molar-refractivity contribution in [1.29, 1.82) is 0 Å². The Balaban J connectivity index is 2.42. The highest BCUT2D eigenvalue weighted by atomic mass is 79.9. The highest BCUT2D eigenvalue weighted by Crippen LogP contribution is 2.19. The van der Waals surface area contributed by atoms with Crippen LogP contribution in [0, 0.1) is 0 Å². The Morgan fingerprint density at radius 2 is 1.79 bits per heavy atom. The largest absolute Gasteiger partial charge is 0.492 e. The lowest BCUT2D eigenvalue weighted by molar-refractivity contribution is -0.150. The lowest BCUT2D eigenvalue weighted by Crippen LogP contribution is -2.41. The molecule has 0 N–H and O–H groups in total. The molecule has 0 aromatic heterocycles. The third kappa shape index (κ3) is 6.82. The van der Waals surface area contributed by atoms with E-state index in [2.05, 4.69) is 15.9 Å². The number of rotatable bonds is 6. The molecule has 1 aromatic carbocycles. The summed E-state index contributed by atoms with van der Waals surface area (Å²) in [5, 5.41) is 0. The summed E-state index contributed by atoms with van der Waals surface area (Å²) in [5.41, 5.74) is 0. The summed E-state index contributed by atoms with van der Waals surface area (Å²) >= 11 is 3.30. The molecule has 0 fully saturated rings. The molecule has 108 valence electrons. The fourth-order valence-corrected chi connectivity index (χ4v) is 1.83. The van der Waals surface area contributed by atoms with E-state index in [1.165, 1.54) is 4.90 Å². The molecule has 2 nitrogen and oxygen atoms in total. The minimum Gasteiger partial charge on any atom is -0.492 e. The normalized spacial score (nSPS) is 12.2. The molecule has 1 rings (SSSR count). The third-order valence-electron chi connectivity index (χ3n) is 2.57. The molecule has 0 aliphatic heterocycles. The van der Waals surface area contributed by atoms with Crippen LogP contribution in [0.1, 0.15) is 13.8 Å². The number of hydrogen-bond donors (Lipinski definition) is 0. The lowest BCUT2D eigenvalue weighted by Gasteiger charge is -2.27. The van der Waals surface area contributed by atoms with Gasteiger partial charge in [0.2, 0.25) is 0 Å². The standard InChI is InChI=1S/C13H17BrF3NO/c1-10(2)18(9-13(15,16)17)7-8-19-12-5-3-11(14)4-6-12/h3-6,10H,7-9H2,1-2H3. The van der Waals surface area contributed by atoms with Gasteiger partial charge in [-0.05, 0) is 38.1 Å². The van der Waals surface area contributed by atoms with E-state index >= 15 is 0 Å². The Kier molecular flexibility index (Phi) is 6.13. The minimum absolute atomic E-state index is 0.171. The average Bonchev–Trinajstić information content (AvgIpc) is 2.28. The van der Waals surface area contributed by atoms with E-state index in [1.54, 1.807) is 26.0 Å². The summed E-state index contributed by atoms with van der Waals surface area (Å²) in [6.07, 6.45) is -4.18. The minimum atomic E-state index is -4.18. The van der Waals surface area contributed by atoms with Gasteiger partial charge in [0.1, 0.15) is 12.4 Å². The van der Waals surface area contributed by atoms with E-state index in [4.69, 9.17) is 4.74 Å². The monoisotopic (exact) mass is 339 g/mol. The molecule has 0 bridgehead atoms. The number of alkyl halides is 3. The number of hydrogen-bond acceptors (Lipinski definition) is 2. The van der Waals surface area contributed by atoms with E-state index in [1.807, 2.05) is 12.1 Å². The second kappa shape index (κ2) is 7.14. The van der Waals surface area contributed by atoms with Crippen LogP contribution in [0.5, 0.6) is 5.75 Å². The molecule has 0 radical (unpaired) electrons. The smallest absolute Gasteiger partial charge is 0.401 e. The van der Waals surface area contributed by atoms with Gasteiger partial charge in [-0.15, -0.1) is 0 Å². The summed E-state index contributed by atoms with van der Waals surface area (Å²) in [6, 6.07) is 7.02. The van der Waals surface area contributed by atoms with Gasteiger partial charge in [-0.25, -0.2) is 0 Å². The van der Waals surface area contributed by atoms with Crippen molar-refractivity contribution in [2.45, 2.75) is 26.1 Å². The first-order valence-corrected chi connectivity index (χ1v) is 6.76. The van der Waals surface area contributed by atoms with Crippen LogP contribution in [0.25, 0.3) is 0 Å². The second-order valence-corrected chi connectivity index (χ2v) is 5.40. The SMILES string of the molecule is CC(C)N(CCOc1ccc(Br)cc1)CC(F)(F)F. The van der Waals surface area contributed by atoms with Crippen LogP contribution in [0.4, 0.5) is 13.2 Å². The molecule has 0 aliphatic rings. The summed E-state index contributed by atoms with van der Waals surface area (Å²) in [7, 11) is 0. The Hall–Kier alpha value is -0.750. The predicted molar refractivity (Wildman–Crippen MR) is 72.4 cm³/mol. The van der Waals surface area contributed by atoms with Crippen molar-refractivity contribution in [2.75, 3.05) is 19.7 Å². The van der Waals surface area contributed by atoms with Crippen LogP contribution in [0.15, 0.2) is 28.7 Å². The molecule has 0 aliphatic carbocycles.